The summed E-state index contributed by atoms with van der Waals surface area (Å²) in [5.74, 6) is -0.522. The highest BCUT2D eigenvalue weighted by Gasteiger charge is 2.45. The number of anilines is 1. The van der Waals surface area contributed by atoms with Crippen LogP contribution in [-0.4, -0.2) is 23.1 Å². The van der Waals surface area contributed by atoms with Crippen molar-refractivity contribution in [2.45, 2.75) is 23.0 Å². The standard InChI is InChI=1S/C16H16N2O2S2/c1-16(14(19)17-9-8-11-5-4-10-21-11)15(20)18-12-6-2-3-7-13(12)22-16/h2-7,10H,8-9H2,1H3,(H,17,19)(H,18,20)/t16-/m0/s1. The van der Waals surface area contributed by atoms with E-state index in [1.54, 1.807) is 18.3 Å². The van der Waals surface area contributed by atoms with E-state index in [4.69, 9.17) is 0 Å². The molecule has 1 atom stereocenters. The van der Waals surface area contributed by atoms with Crippen molar-refractivity contribution in [2.75, 3.05) is 11.9 Å². The van der Waals surface area contributed by atoms with Crippen molar-refractivity contribution in [1.29, 1.82) is 0 Å². The van der Waals surface area contributed by atoms with E-state index in [0.29, 0.717) is 6.54 Å². The summed E-state index contributed by atoms with van der Waals surface area (Å²) in [5.41, 5.74) is 0.765. The fraction of sp³-hybridized carbons (Fsp3) is 0.250. The average Bonchev–Trinajstić information content (AvgIpc) is 3.01. The molecule has 4 nitrogen and oxygen atoms in total. The van der Waals surface area contributed by atoms with Gasteiger partial charge in [0, 0.05) is 16.3 Å². The first-order valence-electron chi connectivity index (χ1n) is 7.00. The summed E-state index contributed by atoms with van der Waals surface area (Å²) < 4.78 is -1.14. The summed E-state index contributed by atoms with van der Waals surface area (Å²) in [6, 6.07) is 11.5. The van der Waals surface area contributed by atoms with Gasteiger partial charge in [-0.25, -0.2) is 0 Å². The zero-order chi connectivity index (χ0) is 15.6. The molecule has 2 aromatic rings. The first kappa shape index (κ1) is 15.1. The Balaban J connectivity index is 1.67. The van der Waals surface area contributed by atoms with Crippen molar-refractivity contribution in [2.24, 2.45) is 0 Å². The number of amides is 2. The van der Waals surface area contributed by atoms with Crippen LogP contribution in [0, 0.1) is 0 Å². The number of hydrogen-bond acceptors (Lipinski definition) is 4. The van der Waals surface area contributed by atoms with Crippen LogP contribution in [-0.2, 0) is 16.0 Å². The van der Waals surface area contributed by atoms with Crippen molar-refractivity contribution in [3.63, 3.8) is 0 Å². The van der Waals surface area contributed by atoms with E-state index in [1.165, 1.54) is 16.6 Å². The highest BCUT2D eigenvalue weighted by molar-refractivity contribution is 8.02. The van der Waals surface area contributed by atoms with Crippen LogP contribution in [0.1, 0.15) is 11.8 Å². The maximum absolute atomic E-state index is 12.5. The SMILES string of the molecule is C[C@@]1(C(=O)NCCc2cccs2)Sc2ccccc2NC1=O. The van der Waals surface area contributed by atoms with E-state index in [9.17, 15) is 9.59 Å². The van der Waals surface area contributed by atoms with E-state index in [1.807, 2.05) is 41.8 Å². The molecule has 2 heterocycles. The fourth-order valence-electron chi connectivity index (χ4n) is 2.24. The Morgan fingerprint density at radius 2 is 2.09 bits per heavy atom. The molecule has 0 unspecified atom stereocenters. The molecule has 2 N–H and O–H groups in total. The summed E-state index contributed by atoms with van der Waals surface area (Å²) in [7, 11) is 0. The van der Waals surface area contributed by atoms with Gasteiger partial charge in [-0.1, -0.05) is 30.0 Å². The molecule has 0 saturated heterocycles. The monoisotopic (exact) mass is 332 g/mol. The third kappa shape index (κ3) is 2.89. The van der Waals surface area contributed by atoms with Crippen LogP contribution in [0.2, 0.25) is 0 Å². The lowest BCUT2D eigenvalue weighted by molar-refractivity contribution is -0.129. The van der Waals surface area contributed by atoms with Crippen LogP contribution in [0.5, 0.6) is 0 Å². The Bertz CT molecular complexity index is 700. The van der Waals surface area contributed by atoms with Gasteiger partial charge >= 0.3 is 0 Å². The third-order valence-electron chi connectivity index (χ3n) is 3.55. The molecule has 22 heavy (non-hydrogen) atoms. The summed E-state index contributed by atoms with van der Waals surface area (Å²) in [4.78, 5) is 26.9. The summed E-state index contributed by atoms with van der Waals surface area (Å²) in [5, 5.41) is 7.71. The molecular formula is C16H16N2O2S2. The van der Waals surface area contributed by atoms with Gasteiger partial charge in [-0.05, 0) is 36.9 Å². The first-order chi connectivity index (χ1) is 10.6. The average molecular weight is 332 g/mol. The van der Waals surface area contributed by atoms with E-state index in [-0.39, 0.29) is 11.8 Å². The van der Waals surface area contributed by atoms with E-state index >= 15 is 0 Å². The number of rotatable bonds is 4. The number of hydrogen-bond donors (Lipinski definition) is 2. The zero-order valence-electron chi connectivity index (χ0n) is 12.1. The number of carbonyl (C=O) groups is 2. The molecule has 1 aromatic heterocycles. The maximum atomic E-state index is 12.5. The number of thiophene rings is 1. The molecule has 0 bridgehead atoms. The lowest BCUT2D eigenvalue weighted by atomic mass is 10.1. The van der Waals surface area contributed by atoms with Gasteiger partial charge < -0.3 is 10.6 Å². The van der Waals surface area contributed by atoms with E-state index < -0.39 is 4.75 Å². The van der Waals surface area contributed by atoms with Gasteiger partial charge in [0.1, 0.15) is 0 Å². The summed E-state index contributed by atoms with van der Waals surface area (Å²) in [6.45, 7) is 2.20. The van der Waals surface area contributed by atoms with Gasteiger partial charge in [-0.3, -0.25) is 9.59 Å². The molecule has 0 saturated carbocycles. The van der Waals surface area contributed by atoms with E-state index in [2.05, 4.69) is 10.6 Å². The molecule has 1 aliphatic heterocycles. The lowest BCUT2D eigenvalue weighted by Crippen LogP contribution is -2.52. The molecular weight excluding hydrogens is 316 g/mol. The number of thioether (sulfide) groups is 1. The second-order valence-electron chi connectivity index (χ2n) is 5.17. The van der Waals surface area contributed by atoms with E-state index in [0.717, 1.165) is 17.0 Å². The van der Waals surface area contributed by atoms with Crippen LogP contribution in [0.25, 0.3) is 0 Å². The topological polar surface area (TPSA) is 58.2 Å². The Labute approximate surface area is 137 Å². The predicted molar refractivity (Wildman–Crippen MR) is 90.4 cm³/mol. The second kappa shape index (κ2) is 6.14. The Morgan fingerprint density at radius 1 is 1.27 bits per heavy atom. The van der Waals surface area contributed by atoms with Crippen LogP contribution in [0.15, 0.2) is 46.7 Å². The van der Waals surface area contributed by atoms with Gasteiger partial charge in [-0.2, -0.15) is 0 Å². The Morgan fingerprint density at radius 3 is 2.86 bits per heavy atom. The van der Waals surface area contributed by atoms with Crippen molar-refractivity contribution in [3.05, 3.63) is 46.7 Å². The maximum Gasteiger partial charge on any atom is 0.250 e. The molecule has 2 amide bonds. The summed E-state index contributed by atoms with van der Waals surface area (Å²) in [6.07, 6.45) is 0.780. The quantitative estimate of drug-likeness (QED) is 0.847. The normalized spacial score (nSPS) is 20.1. The number of benzene rings is 1. The Hall–Kier alpha value is -1.79. The first-order valence-corrected chi connectivity index (χ1v) is 8.69. The lowest BCUT2D eigenvalue weighted by Gasteiger charge is -2.31. The largest absolute Gasteiger partial charge is 0.354 e. The van der Waals surface area contributed by atoms with Gasteiger partial charge in [0.15, 0.2) is 4.75 Å². The molecule has 6 heteroatoms. The third-order valence-corrected chi connectivity index (χ3v) is 5.84. The minimum atomic E-state index is -1.14. The predicted octanol–water partition coefficient (Wildman–Crippen LogP) is 2.91. The van der Waals surface area contributed by atoms with Crippen molar-refractivity contribution >= 4 is 40.6 Å². The summed E-state index contributed by atoms with van der Waals surface area (Å²) >= 11 is 2.97. The van der Waals surface area contributed by atoms with Gasteiger partial charge in [-0.15, -0.1) is 11.3 Å². The second-order valence-corrected chi connectivity index (χ2v) is 7.66. The van der Waals surface area contributed by atoms with Crippen molar-refractivity contribution < 1.29 is 9.59 Å². The smallest absolute Gasteiger partial charge is 0.250 e. The van der Waals surface area contributed by atoms with Gasteiger partial charge in [0.25, 0.3) is 0 Å². The molecule has 0 radical (unpaired) electrons. The molecule has 0 fully saturated rings. The van der Waals surface area contributed by atoms with Crippen molar-refractivity contribution in [3.8, 4) is 0 Å². The minimum Gasteiger partial charge on any atom is -0.354 e. The molecule has 114 valence electrons. The van der Waals surface area contributed by atoms with Crippen LogP contribution in [0.3, 0.4) is 0 Å². The fourth-order valence-corrected chi connectivity index (χ4v) is 4.07. The molecule has 1 aliphatic rings. The van der Waals surface area contributed by atoms with Crippen molar-refractivity contribution in [1.82, 2.24) is 5.32 Å². The highest BCUT2D eigenvalue weighted by Crippen LogP contribution is 2.42. The number of nitrogens with one attached hydrogen (secondary N) is 2. The minimum absolute atomic E-state index is 0.249. The zero-order valence-corrected chi connectivity index (χ0v) is 13.7. The molecule has 0 aliphatic carbocycles. The number of carbonyl (C=O) groups excluding carboxylic acids is 2. The molecule has 0 spiro atoms. The molecule has 3 rings (SSSR count). The number of fused-ring (bicyclic) bond motifs is 1. The number of para-hydroxylation sites is 1. The molecule has 1 aromatic carbocycles. The van der Waals surface area contributed by atoms with Crippen LogP contribution < -0.4 is 10.6 Å². The van der Waals surface area contributed by atoms with Gasteiger partial charge in [0.2, 0.25) is 11.8 Å². The highest BCUT2D eigenvalue weighted by atomic mass is 32.2. The Kier molecular flexibility index (Phi) is 4.22. The van der Waals surface area contributed by atoms with Gasteiger partial charge in [0.05, 0.1) is 5.69 Å². The van der Waals surface area contributed by atoms with Crippen LogP contribution >= 0.6 is 23.1 Å². The van der Waals surface area contributed by atoms with Crippen LogP contribution in [0.4, 0.5) is 5.69 Å².